The third-order valence-electron chi connectivity index (χ3n) is 4.32. The monoisotopic (exact) mass is 338 g/mol. The summed E-state index contributed by atoms with van der Waals surface area (Å²) in [5.74, 6) is 0.444. The van der Waals surface area contributed by atoms with E-state index in [1.807, 2.05) is 6.92 Å². The molecule has 2 heterocycles. The van der Waals surface area contributed by atoms with Gasteiger partial charge in [-0.2, -0.15) is 17.0 Å². The highest BCUT2D eigenvalue weighted by molar-refractivity contribution is 9.09. The van der Waals surface area contributed by atoms with E-state index in [-0.39, 0.29) is 12.1 Å². The highest BCUT2D eigenvalue weighted by Gasteiger charge is 2.42. The van der Waals surface area contributed by atoms with Crippen molar-refractivity contribution in [1.29, 1.82) is 0 Å². The Hall–Kier alpha value is 0.350. The standard InChI is InChI=1S/C12H23BrN2O2S/c1-10-6-8-15(12(10)9-13)18(16,17)14-7-4-3-5-11(14)2/h10-12H,3-9H2,1-2H3. The molecular formula is C12H23BrN2O2S. The van der Waals surface area contributed by atoms with E-state index in [0.29, 0.717) is 19.0 Å². The van der Waals surface area contributed by atoms with E-state index in [4.69, 9.17) is 0 Å². The van der Waals surface area contributed by atoms with Crippen molar-refractivity contribution in [2.24, 2.45) is 5.92 Å². The van der Waals surface area contributed by atoms with Gasteiger partial charge in [-0.25, -0.2) is 0 Å². The van der Waals surface area contributed by atoms with Crippen LogP contribution in [0.3, 0.4) is 0 Å². The lowest BCUT2D eigenvalue weighted by Crippen LogP contribution is -2.51. The molecule has 0 radical (unpaired) electrons. The minimum absolute atomic E-state index is 0.115. The van der Waals surface area contributed by atoms with E-state index in [2.05, 4.69) is 22.9 Å². The van der Waals surface area contributed by atoms with Gasteiger partial charge in [0.2, 0.25) is 0 Å². The Balaban J connectivity index is 2.20. The molecule has 18 heavy (non-hydrogen) atoms. The Morgan fingerprint density at radius 2 is 1.83 bits per heavy atom. The molecule has 2 saturated heterocycles. The first-order chi connectivity index (χ1) is 8.48. The van der Waals surface area contributed by atoms with Gasteiger partial charge in [0.15, 0.2) is 0 Å². The first kappa shape index (κ1) is 14.8. The predicted octanol–water partition coefficient (Wildman–Crippen LogP) is 2.21. The number of hydrogen-bond donors (Lipinski definition) is 0. The number of piperidine rings is 1. The van der Waals surface area contributed by atoms with Gasteiger partial charge < -0.3 is 0 Å². The number of nitrogens with zero attached hydrogens (tertiary/aromatic N) is 2. The fourth-order valence-corrected chi connectivity index (χ4v) is 6.37. The summed E-state index contributed by atoms with van der Waals surface area (Å²) in [6.07, 6.45) is 4.09. The van der Waals surface area contributed by atoms with E-state index in [1.165, 1.54) is 0 Å². The molecule has 0 bridgehead atoms. The van der Waals surface area contributed by atoms with Crippen molar-refractivity contribution >= 4 is 26.1 Å². The molecular weight excluding hydrogens is 316 g/mol. The Labute approximate surface area is 119 Å². The second-order valence-corrected chi connectivity index (χ2v) is 8.04. The maximum Gasteiger partial charge on any atom is 0.282 e. The second kappa shape index (κ2) is 5.77. The number of halogens is 1. The van der Waals surface area contributed by atoms with Gasteiger partial charge in [-0.3, -0.25) is 0 Å². The molecule has 2 aliphatic rings. The zero-order chi connectivity index (χ0) is 13.3. The lowest BCUT2D eigenvalue weighted by Gasteiger charge is -2.37. The van der Waals surface area contributed by atoms with E-state index in [0.717, 1.165) is 31.0 Å². The van der Waals surface area contributed by atoms with Gasteiger partial charge in [0.1, 0.15) is 0 Å². The van der Waals surface area contributed by atoms with Gasteiger partial charge >= 0.3 is 0 Å². The summed E-state index contributed by atoms with van der Waals surface area (Å²) >= 11 is 3.46. The van der Waals surface area contributed by atoms with Gasteiger partial charge in [0.05, 0.1) is 0 Å². The number of alkyl halides is 1. The third-order valence-corrected chi connectivity index (χ3v) is 7.17. The molecule has 0 aliphatic carbocycles. The van der Waals surface area contributed by atoms with Crippen molar-refractivity contribution in [2.75, 3.05) is 18.4 Å². The fourth-order valence-electron chi connectivity index (χ4n) is 3.04. The van der Waals surface area contributed by atoms with Crippen LogP contribution in [0.2, 0.25) is 0 Å². The Morgan fingerprint density at radius 3 is 2.44 bits per heavy atom. The fraction of sp³-hybridized carbons (Fsp3) is 1.00. The predicted molar refractivity (Wildman–Crippen MR) is 77.0 cm³/mol. The Kier molecular flexibility index (Phi) is 4.73. The first-order valence-electron chi connectivity index (χ1n) is 6.83. The number of rotatable bonds is 3. The van der Waals surface area contributed by atoms with Gasteiger partial charge in [0, 0.05) is 30.5 Å². The lowest BCUT2D eigenvalue weighted by atomic mass is 10.1. The molecule has 0 amide bonds. The summed E-state index contributed by atoms with van der Waals surface area (Å²) < 4.78 is 28.9. The molecule has 2 aliphatic heterocycles. The van der Waals surface area contributed by atoms with Gasteiger partial charge in [-0.05, 0) is 32.1 Å². The molecule has 0 saturated carbocycles. The maximum atomic E-state index is 12.7. The van der Waals surface area contributed by atoms with E-state index in [9.17, 15) is 8.42 Å². The molecule has 0 aromatic rings. The van der Waals surface area contributed by atoms with Gasteiger partial charge in [-0.15, -0.1) is 0 Å². The van der Waals surface area contributed by atoms with Crippen LogP contribution in [0.4, 0.5) is 0 Å². The summed E-state index contributed by atoms with van der Waals surface area (Å²) in [7, 11) is -3.27. The van der Waals surface area contributed by atoms with Crippen LogP contribution < -0.4 is 0 Å². The van der Waals surface area contributed by atoms with Crippen LogP contribution in [0.5, 0.6) is 0 Å². The molecule has 4 nitrogen and oxygen atoms in total. The molecule has 0 aromatic carbocycles. The zero-order valence-corrected chi connectivity index (χ0v) is 13.6. The summed E-state index contributed by atoms with van der Waals surface area (Å²) in [5, 5.41) is 0.732. The molecule has 2 rings (SSSR count). The largest absolute Gasteiger partial charge is 0.282 e. The summed E-state index contributed by atoms with van der Waals surface area (Å²) in [4.78, 5) is 0. The van der Waals surface area contributed by atoms with Gasteiger partial charge in [0.25, 0.3) is 10.2 Å². The van der Waals surface area contributed by atoms with Crippen LogP contribution in [0.15, 0.2) is 0 Å². The third kappa shape index (κ3) is 2.62. The van der Waals surface area contributed by atoms with Crippen LogP contribution in [0, 0.1) is 5.92 Å². The van der Waals surface area contributed by atoms with Crippen LogP contribution in [0.1, 0.15) is 39.5 Å². The average molecular weight is 339 g/mol. The maximum absolute atomic E-state index is 12.7. The molecule has 6 heteroatoms. The van der Waals surface area contributed by atoms with E-state index < -0.39 is 10.2 Å². The van der Waals surface area contributed by atoms with E-state index in [1.54, 1.807) is 8.61 Å². The normalized spacial score (nSPS) is 36.1. The minimum atomic E-state index is -3.27. The quantitative estimate of drug-likeness (QED) is 0.740. The van der Waals surface area contributed by atoms with Crippen molar-refractivity contribution in [1.82, 2.24) is 8.61 Å². The lowest BCUT2D eigenvalue weighted by molar-refractivity contribution is 0.240. The summed E-state index contributed by atoms with van der Waals surface area (Å²) in [6.45, 7) is 5.52. The molecule has 106 valence electrons. The summed E-state index contributed by atoms with van der Waals surface area (Å²) in [5.41, 5.74) is 0. The highest BCUT2D eigenvalue weighted by Crippen LogP contribution is 2.31. The van der Waals surface area contributed by atoms with E-state index >= 15 is 0 Å². The van der Waals surface area contributed by atoms with Gasteiger partial charge in [-0.1, -0.05) is 29.3 Å². The smallest absolute Gasteiger partial charge is 0.195 e. The minimum Gasteiger partial charge on any atom is -0.195 e. The van der Waals surface area contributed by atoms with Crippen LogP contribution >= 0.6 is 15.9 Å². The van der Waals surface area contributed by atoms with Crippen LogP contribution in [-0.4, -0.2) is 47.5 Å². The molecule has 0 aromatic heterocycles. The van der Waals surface area contributed by atoms with Crippen molar-refractivity contribution in [3.05, 3.63) is 0 Å². The average Bonchev–Trinajstić information content (AvgIpc) is 2.71. The Morgan fingerprint density at radius 1 is 1.11 bits per heavy atom. The van der Waals surface area contributed by atoms with Crippen molar-refractivity contribution in [2.45, 2.75) is 51.6 Å². The summed E-state index contributed by atoms with van der Waals surface area (Å²) in [6, 6.07) is 0.264. The zero-order valence-electron chi connectivity index (χ0n) is 11.2. The molecule has 2 fully saturated rings. The Bertz CT molecular complexity index is 388. The molecule has 3 unspecified atom stereocenters. The molecule has 0 N–H and O–H groups in total. The number of hydrogen-bond acceptors (Lipinski definition) is 2. The van der Waals surface area contributed by atoms with Crippen molar-refractivity contribution < 1.29 is 8.42 Å². The molecule has 3 atom stereocenters. The van der Waals surface area contributed by atoms with Crippen LogP contribution in [0.25, 0.3) is 0 Å². The molecule has 0 spiro atoms. The van der Waals surface area contributed by atoms with Crippen molar-refractivity contribution in [3.8, 4) is 0 Å². The topological polar surface area (TPSA) is 40.6 Å². The first-order valence-corrected chi connectivity index (χ1v) is 9.35. The highest BCUT2D eigenvalue weighted by atomic mass is 79.9. The van der Waals surface area contributed by atoms with Crippen LogP contribution in [-0.2, 0) is 10.2 Å². The van der Waals surface area contributed by atoms with Crippen molar-refractivity contribution in [3.63, 3.8) is 0 Å². The SMILES string of the molecule is CC1CCN(S(=O)(=O)N2CCCCC2C)C1CBr. The second-order valence-electron chi connectivity index (χ2n) is 5.56.